The molecule has 0 unspecified atom stereocenters. The molecule has 0 spiro atoms. The van der Waals surface area contributed by atoms with Crippen molar-refractivity contribution in [2.24, 2.45) is 0 Å². The van der Waals surface area contributed by atoms with Gasteiger partial charge in [-0.1, -0.05) is 12.1 Å². The van der Waals surface area contributed by atoms with E-state index in [9.17, 15) is 5.11 Å². The molecule has 0 aliphatic rings. The van der Waals surface area contributed by atoms with Crippen molar-refractivity contribution in [1.82, 2.24) is 19.6 Å². The summed E-state index contributed by atoms with van der Waals surface area (Å²) in [7, 11) is 0. The van der Waals surface area contributed by atoms with Crippen molar-refractivity contribution in [2.75, 3.05) is 0 Å². The van der Waals surface area contributed by atoms with Crippen LogP contribution in [0, 0.1) is 0 Å². The molecule has 0 saturated heterocycles. The number of benzene rings is 2. The Kier molecular flexibility index (Phi) is 2.47. The summed E-state index contributed by atoms with van der Waals surface area (Å²) < 4.78 is 7.51. The van der Waals surface area contributed by atoms with Crippen molar-refractivity contribution in [2.45, 2.75) is 0 Å². The molecule has 2 aromatic heterocycles. The normalized spacial score (nSPS) is 11.0. The number of nitrogens with zero attached hydrogens (tertiary/aromatic N) is 4. The van der Waals surface area contributed by atoms with Crippen LogP contribution in [0.25, 0.3) is 16.4 Å². The van der Waals surface area contributed by atoms with Crippen LogP contribution in [0.2, 0.25) is 0 Å². The number of phenols is 1. The summed E-state index contributed by atoms with van der Waals surface area (Å²) in [5.74, 6) is 1.23. The van der Waals surface area contributed by atoms with Gasteiger partial charge in [-0.05, 0) is 35.0 Å². The number of fused-ring (bicyclic) bond motifs is 2. The lowest BCUT2D eigenvalue weighted by Gasteiger charge is -2.06. The van der Waals surface area contributed by atoms with Crippen molar-refractivity contribution in [3.63, 3.8) is 0 Å². The molecule has 4 aromatic rings. The highest BCUT2D eigenvalue weighted by atomic mass is 16.5. The fourth-order valence-electron chi connectivity index (χ4n) is 2.19. The Morgan fingerprint density at radius 1 is 1.05 bits per heavy atom. The van der Waals surface area contributed by atoms with Crippen LogP contribution < -0.4 is 4.74 Å². The van der Waals surface area contributed by atoms with Crippen LogP contribution in [0.15, 0.2) is 55.1 Å². The molecule has 0 amide bonds. The monoisotopic (exact) mass is 278 g/mol. The minimum Gasteiger partial charge on any atom is -0.508 e. The molecular weight excluding hydrogens is 268 g/mol. The van der Waals surface area contributed by atoms with E-state index in [-0.39, 0.29) is 5.75 Å². The summed E-state index contributed by atoms with van der Waals surface area (Å²) in [4.78, 5) is 4.18. The number of rotatable bonds is 2. The number of phenolic OH excluding ortho intramolecular Hbond substituents is 1. The van der Waals surface area contributed by atoms with Gasteiger partial charge in [-0.3, -0.25) is 4.40 Å². The molecule has 0 aliphatic heterocycles. The average Bonchev–Trinajstić information content (AvgIpc) is 2.96. The van der Waals surface area contributed by atoms with Gasteiger partial charge in [-0.15, -0.1) is 10.2 Å². The molecule has 2 aromatic carbocycles. The highest BCUT2D eigenvalue weighted by molar-refractivity contribution is 5.85. The molecule has 6 heteroatoms. The summed E-state index contributed by atoms with van der Waals surface area (Å²) in [6.45, 7) is 0. The van der Waals surface area contributed by atoms with Crippen LogP contribution in [0.1, 0.15) is 0 Å². The first-order chi connectivity index (χ1) is 10.3. The van der Waals surface area contributed by atoms with E-state index < -0.39 is 0 Å². The fourth-order valence-corrected chi connectivity index (χ4v) is 2.19. The molecule has 0 fully saturated rings. The number of aromatic hydroxyl groups is 1. The van der Waals surface area contributed by atoms with E-state index in [1.165, 1.54) is 0 Å². The van der Waals surface area contributed by atoms with E-state index in [1.54, 1.807) is 35.3 Å². The smallest absolute Gasteiger partial charge is 0.265 e. The van der Waals surface area contributed by atoms with E-state index in [2.05, 4.69) is 15.2 Å². The van der Waals surface area contributed by atoms with Gasteiger partial charge in [0.15, 0.2) is 0 Å². The molecule has 102 valence electrons. The molecule has 2 heterocycles. The van der Waals surface area contributed by atoms with Crippen LogP contribution in [0.3, 0.4) is 0 Å². The summed E-state index contributed by atoms with van der Waals surface area (Å²) in [6, 6.07) is 10.8. The van der Waals surface area contributed by atoms with Crippen molar-refractivity contribution in [1.29, 1.82) is 0 Å². The Balaban J connectivity index is 1.78. The molecular formula is C15H10N4O2. The van der Waals surface area contributed by atoms with Gasteiger partial charge in [-0.2, -0.15) is 0 Å². The van der Waals surface area contributed by atoms with E-state index >= 15 is 0 Å². The van der Waals surface area contributed by atoms with Gasteiger partial charge in [0.25, 0.3) is 5.88 Å². The lowest BCUT2D eigenvalue weighted by atomic mass is 10.1. The molecule has 0 aliphatic carbocycles. The molecule has 4 rings (SSSR count). The van der Waals surface area contributed by atoms with Crippen LogP contribution in [-0.2, 0) is 0 Å². The van der Waals surface area contributed by atoms with Gasteiger partial charge in [0.1, 0.15) is 17.8 Å². The van der Waals surface area contributed by atoms with Crippen molar-refractivity contribution in [3.05, 3.63) is 55.1 Å². The Labute approximate surface area is 119 Å². The van der Waals surface area contributed by atoms with Crippen molar-refractivity contribution < 1.29 is 9.84 Å². The van der Waals surface area contributed by atoms with Crippen LogP contribution in [0.4, 0.5) is 0 Å². The summed E-state index contributed by atoms with van der Waals surface area (Å²) in [5, 5.41) is 19.3. The van der Waals surface area contributed by atoms with E-state index in [4.69, 9.17) is 4.74 Å². The van der Waals surface area contributed by atoms with E-state index in [1.807, 2.05) is 24.3 Å². The summed E-state index contributed by atoms with van der Waals surface area (Å²) in [5.41, 5.74) is 0.550. The third kappa shape index (κ3) is 2.02. The van der Waals surface area contributed by atoms with Crippen molar-refractivity contribution >= 4 is 16.4 Å². The minimum atomic E-state index is 0.220. The SMILES string of the molecule is Oc1ccc2ccc(Oc3nccn4cnnc34)cc2c1. The van der Waals surface area contributed by atoms with E-state index in [0.717, 1.165) is 10.8 Å². The zero-order chi connectivity index (χ0) is 14.2. The first-order valence-electron chi connectivity index (χ1n) is 6.34. The highest BCUT2D eigenvalue weighted by Gasteiger charge is 2.08. The number of ether oxygens (including phenoxy) is 1. The number of aromatic nitrogens is 4. The predicted octanol–water partition coefficient (Wildman–Crippen LogP) is 2.78. The topological polar surface area (TPSA) is 72.5 Å². The second-order valence-corrected chi connectivity index (χ2v) is 4.59. The quantitative estimate of drug-likeness (QED) is 0.610. The number of hydrogen-bond donors (Lipinski definition) is 1. The van der Waals surface area contributed by atoms with Crippen LogP contribution >= 0.6 is 0 Å². The average molecular weight is 278 g/mol. The van der Waals surface area contributed by atoms with Gasteiger partial charge < -0.3 is 9.84 Å². The lowest BCUT2D eigenvalue weighted by molar-refractivity contribution is 0.465. The van der Waals surface area contributed by atoms with Gasteiger partial charge >= 0.3 is 0 Å². The molecule has 0 saturated carbocycles. The largest absolute Gasteiger partial charge is 0.508 e. The second-order valence-electron chi connectivity index (χ2n) is 4.59. The minimum absolute atomic E-state index is 0.220. The van der Waals surface area contributed by atoms with E-state index in [0.29, 0.717) is 17.3 Å². The van der Waals surface area contributed by atoms with Crippen molar-refractivity contribution in [3.8, 4) is 17.4 Å². The third-order valence-corrected chi connectivity index (χ3v) is 3.19. The zero-order valence-electron chi connectivity index (χ0n) is 10.8. The maximum Gasteiger partial charge on any atom is 0.265 e. The molecule has 21 heavy (non-hydrogen) atoms. The van der Waals surface area contributed by atoms with Gasteiger partial charge in [0.05, 0.1) is 0 Å². The standard InChI is InChI=1S/C15H10N4O2/c20-12-3-1-10-2-4-13(8-11(10)7-12)21-15-14-18-17-9-19(14)6-5-16-15/h1-9,20H. The third-order valence-electron chi connectivity index (χ3n) is 3.19. The Bertz CT molecular complexity index is 949. The van der Waals surface area contributed by atoms with Crippen LogP contribution in [-0.4, -0.2) is 24.7 Å². The highest BCUT2D eigenvalue weighted by Crippen LogP contribution is 2.28. The number of hydrogen-bond acceptors (Lipinski definition) is 5. The zero-order valence-corrected chi connectivity index (χ0v) is 10.8. The second kappa shape index (κ2) is 4.45. The fraction of sp³-hybridized carbons (Fsp3) is 0. The van der Waals surface area contributed by atoms with Gasteiger partial charge in [-0.25, -0.2) is 4.98 Å². The molecule has 6 nitrogen and oxygen atoms in total. The van der Waals surface area contributed by atoms with Crippen LogP contribution in [0.5, 0.6) is 17.4 Å². The predicted molar refractivity (Wildman–Crippen MR) is 76.5 cm³/mol. The van der Waals surface area contributed by atoms with Gasteiger partial charge in [0.2, 0.25) is 5.65 Å². The Morgan fingerprint density at radius 2 is 1.95 bits per heavy atom. The first-order valence-corrected chi connectivity index (χ1v) is 6.34. The first kappa shape index (κ1) is 11.7. The summed E-state index contributed by atoms with van der Waals surface area (Å²) >= 11 is 0. The maximum atomic E-state index is 9.55. The Hall–Kier alpha value is -3.15. The maximum absolute atomic E-state index is 9.55. The summed E-state index contributed by atoms with van der Waals surface area (Å²) in [6.07, 6.45) is 4.96. The Morgan fingerprint density at radius 3 is 2.90 bits per heavy atom. The molecule has 1 N–H and O–H groups in total. The lowest BCUT2D eigenvalue weighted by Crippen LogP contribution is -1.93. The molecule has 0 bridgehead atoms. The molecule has 0 radical (unpaired) electrons. The molecule has 0 atom stereocenters. The van der Waals surface area contributed by atoms with Gasteiger partial charge in [0, 0.05) is 12.4 Å².